The van der Waals surface area contributed by atoms with Crippen molar-refractivity contribution >= 4 is 5.95 Å². The number of methoxy groups -OCH3 is 1. The van der Waals surface area contributed by atoms with Crippen molar-refractivity contribution in [3.05, 3.63) is 70.9 Å². The highest BCUT2D eigenvalue weighted by Gasteiger charge is 2.26. The molecular weight excluding hydrogens is 426 g/mol. The molecule has 1 fully saturated rings. The van der Waals surface area contributed by atoms with E-state index in [1.807, 2.05) is 42.5 Å². The van der Waals surface area contributed by atoms with Crippen LogP contribution in [-0.2, 0) is 19.5 Å². The van der Waals surface area contributed by atoms with E-state index in [0.29, 0.717) is 18.0 Å². The molecule has 1 aromatic heterocycles. The minimum atomic E-state index is 0.631. The van der Waals surface area contributed by atoms with Crippen LogP contribution in [0.25, 0.3) is 0 Å². The number of aromatic nitrogens is 2. The van der Waals surface area contributed by atoms with E-state index in [4.69, 9.17) is 19.4 Å². The third-order valence-corrected chi connectivity index (χ3v) is 6.46. The van der Waals surface area contributed by atoms with Gasteiger partial charge in [-0.25, -0.2) is 4.98 Å². The lowest BCUT2D eigenvalue weighted by Crippen LogP contribution is -2.34. The largest absolute Gasteiger partial charge is 0.497 e. The molecule has 0 atom stereocenters. The molecule has 1 saturated heterocycles. The van der Waals surface area contributed by atoms with Gasteiger partial charge in [0.15, 0.2) is 0 Å². The van der Waals surface area contributed by atoms with E-state index in [-0.39, 0.29) is 0 Å². The Morgan fingerprint density at radius 3 is 2.53 bits per heavy atom. The first kappa shape index (κ1) is 22.2. The number of nitriles is 1. The zero-order valence-corrected chi connectivity index (χ0v) is 19.5. The van der Waals surface area contributed by atoms with Crippen molar-refractivity contribution in [2.24, 2.45) is 0 Å². The maximum atomic E-state index is 9.23. The number of rotatable bonds is 6. The standard InChI is InChI=1S/C27H29N5O2/c1-33-22-8-10-23(11-9-22)34-26-24-19-31(18-21-7-5-6-20(16-21)17-28)15-12-25(24)29-27(30-26)32-13-3-2-4-14-32/h5-11,16H,2-4,12-15,18-19H2,1H3. The molecule has 174 valence electrons. The topological polar surface area (TPSA) is 74.5 Å². The fourth-order valence-electron chi connectivity index (χ4n) is 4.63. The van der Waals surface area contributed by atoms with Crippen molar-refractivity contribution in [1.29, 1.82) is 5.26 Å². The smallest absolute Gasteiger partial charge is 0.228 e. The monoisotopic (exact) mass is 455 g/mol. The molecule has 2 aliphatic rings. The first-order valence-electron chi connectivity index (χ1n) is 11.9. The van der Waals surface area contributed by atoms with Crippen molar-refractivity contribution in [2.75, 3.05) is 31.6 Å². The van der Waals surface area contributed by atoms with Gasteiger partial charge in [-0.2, -0.15) is 10.2 Å². The first-order chi connectivity index (χ1) is 16.7. The van der Waals surface area contributed by atoms with Crippen LogP contribution in [0.1, 0.15) is 41.6 Å². The van der Waals surface area contributed by atoms with Crippen molar-refractivity contribution in [3.8, 4) is 23.4 Å². The Kier molecular flexibility index (Phi) is 6.59. The summed E-state index contributed by atoms with van der Waals surface area (Å²) in [5, 5.41) is 9.23. The predicted octanol–water partition coefficient (Wildman–Crippen LogP) is 4.70. The molecule has 5 rings (SSSR count). The van der Waals surface area contributed by atoms with E-state index in [9.17, 15) is 5.26 Å². The fraction of sp³-hybridized carbons (Fsp3) is 0.370. The van der Waals surface area contributed by atoms with Crippen molar-refractivity contribution in [3.63, 3.8) is 0 Å². The Bertz CT molecular complexity index is 1180. The lowest BCUT2D eigenvalue weighted by atomic mass is 10.0. The summed E-state index contributed by atoms with van der Waals surface area (Å²) in [6, 6.07) is 17.6. The molecule has 2 aromatic carbocycles. The number of hydrogen-bond donors (Lipinski definition) is 0. The summed E-state index contributed by atoms with van der Waals surface area (Å²) >= 11 is 0. The average Bonchev–Trinajstić information content (AvgIpc) is 2.90. The number of anilines is 1. The summed E-state index contributed by atoms with van der Waals surface area (Å²) < 4.78 is 11.6. The number of hydrogen-bond acceptors (Lipinski definition) is 7. The van der Waals surface area contributed by atoms with Crippen LogP contribution in [0.3, 0.4) is 0 Å². The van der Waals surface area contributed by atoms with E-state index in [1.54, 1.807) is 7.11 Å². The second kappa shape index (κ2) is 10.1. The predicted molar refractivity (Wildman–Crippen MR) is 130 cm³/mol. The molecular formula is C27H29N5O2. The van der Waals surface area contributed by atoms with Crippen LogP contribution >= 0.6 is 0 Å². The Morgan fingerprint density at radius 1 is 0.971 bits per heavy atom. The molecule has 3 aromatic rings. The number of nitrogens with zero attached hydrogens (tertiary/aromatic N) is 5. The van der Waals surface area contributed by atoms with Gasteiger partial charge >= 0.3 is 0 Å². The van der Waals surface area contributed by atoms with E-state index < -0.39 is 0 Å². The highest BCUT2D eigenvalue weighted by molar-refractivity contribution is 5.44. The molecule has 2 aliphatic heterocycles. The molecule has 0 amide bonds. The SMILES string of the molecule is COc1ccc(Oc2nc(N3CCCCC3)nc3c2CN(Cc2cccc(C#N)c2)CC3)cc1. The molecule has 0 aliphatic carbocycles. The molecule has 3 heterocycles. The molecule has 0 unspecified atom stereocenters. The van der Waals surface area contributed by atoms with Gasteiger partial charge in [0, 0.05) is 39.1 Å². The van der Waals surface area contributed by atoms with E-state index in [2.05, 4.69) is 21.9 Å². The van der Waals surface area contributed by atoms with Gasteiger partial charge in [-0.15, -0.1) is 0 Å². The van der Waals surface area contributed by atoms with Gasteiger partial charge in [0.05, 0.1) is 30.0 Å². The Labute approximate surface area is 200 Å². The minimum absolute atomic E-state index is 0.631. The lowest BCUT2D eigenvalue weighted by Gasteiger charge is -2.32. The van der Waals surface area contributed by atoms with Crippen molar-refractivity contribution in [1.82, 2.24) is 14.9 Å². The molecule has 0 spiro atoms. The van der Waals surface area contributed by atoms with Gasteiger partial charge in [0.2, 0.25) is 11.8 Å². The summed E-state index contributed by atoms with van der Waals surface area (Å²) in [6.45, 7) is 4.36. The van der Waals surface area contributed by atoms with Crippen LogP contribution in [0.15, 0.2) is 48.5 Å². The van der Waals surface area contributed by atoms with Gasteiger partial charge < -0.3 is 14.4 Å². The van der Waals surface area contributed by atoms with E-state index >= 15 is 0 Å². The summed E-state index contributed by atoms with van der Waals surface area (Å²) in [4.78, 5) is 14.5. The van der Waals surface area contributed by atoms with Crippen LogP contribution < -0.4 is 14.4 Å². The van der Waals surface area contributed by atoms with Crippen LogP contribution in [-0.4, -0.2) is 41.6 Å². The van der Waals surface area contributed by atoms with E-state index in [0.717, 1.165) is 66.9 Å². The van der Waals surface area contributed by atoms with Gasteiger partial charge in [-0.05, 0) is 61.2 Å². The molecule has 34 heavy (non-hydrogen) atoms. The Morgan fingerprint density at radius 2 is 1.76 bits per heavy atom. The Hall–Kier alpha value is -3.63. The Balaban J connectivity index is 1.43. The molecule has 0 radical (unpaired) electrons. The highest BCUT2D eigenvalue weighted by Crippen LogP contribution is 2.33. The third kappa shape index (κ3) is 4.97. The van der Waals surface area contributed by atoms with Crippen LogP contribution in [0.2, 0.25) is 0 Å². The summed E-state index contributed by atoms with van der Waals surface area (Å²) in [5.74, 6) is 2.92. The summed E-state index contributed by atoms with van der Waals surface area (Å²) in [5.41, 5.74) is 3.93. The maximum Gasteiger partial charge on any atom is 0.228 e. The maximum absolute atomic E-state index is 9.23. The first-order valence-corrected chi connectivity index (χ1v) is 11.9. The van der Waals surface area contributed by atoms with E-state index in [1.165, 1.54) is 19.3 Å². The minimum Gasteiger partial charge on any atom is -0.497 e. The van der Waals surface area contributed by atoms with Gasteiger partial charge in [0.25, 0.3) is 0 Å². The van der Waals surface area contributed by atoms with Gasteiger partial charge in [-0.3, -0.25) is 4.90 Å². The molecule has 7 heteroatoms. The van der Waals surface area contributed by atoms with Crippen molar-refractivity contribution < 1.29 is 9.47 Å². The summed E-state index contributed by atoms with van der Waals surface area (Å²) in [7, 11) is 1.66. The molecule has 0 bridgehead atoms. The molecule has 7 nitrogen and oxygen atoms in total. The molecule has 0 N–H and O–H groups in total. The van der Waals surface area contributed by atoms with Crippen LogP contribution in [0.5, 0.6) is 17.4 Å². The number of ether oxygens (including phenoxy) is 2. The zero-order valence-electron chi connectivity index (χ0n) is 19.5. The average molecular weight is 456 g/mol. The van der Waals surface area contributed by atoms with Gasteiger partial charge in [0.1, 0.15) is 11.5 Å². The quantitative estimate of drug-likeness (QED) is 0.533. The second-order valence-corrected chi connectivity index (χ2v) is 8.85. The summed E-state index contributed by atoms with van der Waals surface area (Å²) in [6.07, 6.45) is 4.45. The highest BCUT2D eigenvalue weighted by atomic mass is 16.5. The van der Waals surface area contributed by atoms with Crippen LogP contribution in [0, 0.1) is 11.3 Å². The van der Waals surface area contributed by atoms with Gasteiger partial charge in [-0.1, -0.05) is 12.1 Å². The second-order valence-electron chi connectivity index (χ2n) is 8.85. The zero-order chi connectivity index (χ0) is 23.3. The number of fused-ring (bicyclic) bond motifs is 1. The lowest BCUT2D eigenvalue weighted by molar-refractivity contribution is 0.238. The van der Waals surface area contributed by atoms with Crippen LogP contribution in [0.4, 0.5) is 5.95 Å². The number of benzene rings is 2. The normalized spacial score (nSPS) is 15.9. The third-order valence-electron chi connectivity index (χ3n) is 6.46. The van der Waals surface area contributed by atoms with Crippen molar-refractivity contribution in [2.45, 2.75) is 38.8 Å². The number of piperidine rings is 1. The molecule has 0 saturated carbocycles. The fourth-order valence-corrected chi connectivity index (χ4v) is 4.63.